The van der Waals surface area contributed by atoms with Crippen molar-refractivity contribution in [3.63, 3.8) is 0 Å². The molecule has 25 heavy (non-hydrogen) atoms. The maximum Gasteiger partial charge on any atom is 0.416 e. The van der Waals surface area contributed by atoms with Gasteiger partial charge in [-0.2, -0.15) is 26.3 Å². The topological polar surface area (TPSA) is 26.3 Å². The van der Waals surface area contributed by atoms with E-state index < -0.39 is 41.5 Å². The van der Waals surface area contributed by atoms with Crippen molar-refractivity contribution in [2.24, 2.45) is 0 Å². The van der Waals surface area contributed by atoms with Crippen molar-refractivity contribution in [2.45, 2.75) is 19.0 Å². The van der Waals surface area contributed by atoms with Crippen LogP contribution in [0.15, 0.2) is 36.4 Å². The summed E-state index contributed by atoms with van der Waals surface area (Å²) in [6.07, 6.45) is -9.65. The lowest BCUT2D eigenvalue weighted by atomic mass is 10.0. The first-order chi connectivity index (χ1) is 11.5. The van der Waals surface area contributed by atoms with E-state index in [4.69, 9.17) is 4.74 Å². The van der Waals surface area contributed by atoms with Gasteiger partial charge in [0.15, 0.2) is 0 Å². The van der Waals surface area contributed by atoms with Gasteiger partial charge in [-0.1, -0.05) is 6.07 Å². The summed E-state index contributed by atoms with van der Waals surface area (Å²) in [4.78, 5) is 10.6. The van der Waals surface area contributed by atoms with Gasteiger partial charge in [-0.3, -0.25) is 4.79 Å². The summed E-state index contributed by atoms with van der Waals surface area (Å²) >= 11 is 0. The van der Waals surface area contributed by atoms with Gasteiger partial charge in [-0.15, -0.1) is 0 Å². The molecule has 0 aromatic heterocycles. The molecule has 0 bridgehead atoms. The number of aldehydes is 1. The Morgan fingerprint density at radius 1 is 0.920 bits per heavy atom. The summed E-state index contributed by atoms with van der Waals surface area (Å²) in [5, 5.41) is 0. The summed E-state index contributed by atoms with van der Waals surface area (Å²) in [6, 6.07) is 3.94. The molecule has 2 aromatic rings. The predicted molar refractivity (Wildman–Crippen MR) is 72.6 cm³/mol. The number of ether oxygens (including phenoxy) is 1. The molecule has 0 aliphatic carbocycles. The SMILES string of the molecule is O=Cc1cc(F)cc(OCc2ccc(C(F)(F)F)cc2C(F)(F)F)c1. The largest absolute Gasteiger partial charge is 0.489 e. The normalized spacial score (nSPS) is 12.1. The second-order valence-corrected chi connectivity index (χ2v) is 4.99. The molecule has 0 saturated heterocycles. The van der Waals surface area contributed by atoms with Gasteiger partial charge in [0.1, 0.15) is 24.5 Å². The van der Waals surface area contributed by atoms with Gasteiger partial charge >= 0.3 is 12.4 Å². The molecule has 2 rings (SSSR count). The zero-order chi connectivity index (χ0) is 18.8. The van der Waals surface area contributed by atoms with Gasteiger partial charge in [0, 0.05) is 17.2 Å². The smallest absolute Gasteiger partial charge is 0.416 e. The van der Waals surface area contributed by atoms with Crippen LogP contribution in [0.2, 0.25) is 0 Å². The van der Waals surface area contributed by atoms with Crippen molar-refractivity contribution in [3.05, 3.63) is 64.5 Å². The van der Waals surface area contributed by atoms with E-state index in [-0.39, 0.29) is 17.4 Å². The Morgan fingerprint density at radius 2 is 1.60 bits per heavy atom. The third kappa shape index (κ3) is 4.71. The number of rotatable bonds is 4. The standard InChI is InChI=1S/C16H9F7O2/c17-12-3-9(7-24)4-13(6-12)25-8-10-1-2-11(15(18,19)20)5-14(10)16(21,22)23/h1-7H,8H2. The molecule has 0 amide bonds. The maximum absolute atomic E-state index is 13.2. The molecule has 0 aliphatic rings. The fourth-order valence-electron chi connectivity index (χ4n) is 2.04. The third-order valence-electron chi connectivity index (χ3n) is 3.17. The molecule has 9 heteroatoms. The fourth-order valence-corrected chi connectivity index (χ4v) is 2.04. The van der Waals surface area contributed by atoms with Crippen molar-refractivity contribution in [1.29, 1.82) is 0 Å². The highest BCUT2D eigenvalue weighted by Crippen LogP contribution is 2.37. The van der Waals surface area contributed by atoms with E-state index in [9.17, 15) is 35.5 Å². The molecule has 0 fully saturated rings. The molecule has 0 atom stereocenters. The van der Waals surface area contributed by atoms with Crippen LogP contribution in [-0.2, 0) is 19.0 Å². The minimum atomic E-state index is -5.03. The number of hydrogen-bond donors (Lipinski definition) is 0. The highest BCUT2D eigenvalue weighted by Gasteiger charge is 2.38. The molecular formula is C16H9F7O2. The highest BCUT2D eigenvalue weighted by molar-refractivity contribution is 5.75. The molecule has 0 radical (unpaired) electrons. The van der Waals surface area contributed by atoms with Gasteiger partial charge in [0.05, 0.1) is 11.1 Å². The van der Waals surface area contributed by atoms with Crippen LogP contribution in [0.3, 0.4) is 0 Å². The second-order valence-electron chi connectivity index (χ2n) is 4.99. The van der Waals surface area contributed by atoms with Crippen LogP contribution in [-0.4, -0.2) is 6.29 Å². The number of carbonyl (C=O) groups is 1. The molecule has 0 spiro atoms. The van der Waals surface area contributed by atoms with Crippen molar-refractivity contribution in [1.82, 2.24) is 0 Å². The number of alkyl halides is 6. The van der Waals surface area contributed by atoms with E-state index in [0.29, 0.717) is 18.4 Å². The first kappa shape index (κ1) is 18.8. The summed E-state index contributed by atoms with van der Waals surface area (Å²) < 4.78 is 95.0. The quantitative estimate of drug-likeness (QED) is 0.545. The van der Waals surface area contributed by atoms with E-state index >= 15 is 0 Å². The summed E-state index contributed by atoms with van der Waals surface area (Å²) in [7, 11) is 0. The van der Waals surface area contributed by atoms with Crippen molar-refractivity contribution >= 4 is 6.29 Å². The van der Waals surface area contributed by atoms with Gasteiger partial charge < -0.3 is 4.74 Å². The molecule has 0 unspecified atom stereocenters. The van der Waals surface area contributed by atoms with Crippen molar-refractivity contribution in [2.75, 3.05) is 0 Å². The van der Waals surface area contributed by atoms with Crippen LogP contribution < -0.4 is 4.74 Å². The van der Waals surface area contributed by atoms with E-state index in [1.54, 1.807) is 0 Å². The zero-order valence-corrected chi connectivity index (χ0v) is 12.2. The summed E-state index contributed by atoms with van der Waals surface area (Å²) in [6.45, 7) is -0.755. The number of hydrogen-bond acceptors (Lipinski definition) is 2. The third-order valence-corrected chi connectivity index (χ3v) is 3.17. The summed E-state index contributed by atoms with van der Waals surface area (Å²) in [5.41, 5.74) is -3.61. The molecule has 134 valence electrons. The molecule has 2 nitrogen and oxygen atoms in total. The molecule has 0 N–H and O–H groups in total. The Hall–Kier alpha value is -2.58. The Morgan fingerprint density at radius 3 is 2.16 bits per heavy atom. The molecule has 0 aliphatic heterocycles. The molecular weight excluding hydrogens is 357 g/mol. The lowest BCUT2D eigenvalue weighted by Crippen LogP contribution is -2.14. The fraction of sp³-hybridized carbons (Fsp3) is 0.188. The minimum absolute atomic E-state index is 0.0128. The van der Waals surface area contributed by atoms with Crippen molar-refractivity contribution < 1.29 is 40.3 Å². The number of halogens is 7. The minimum Gasteiger partial charge on any atom is -0.489 e. The maximum atomic E-state index is 13.2. The Kier molecular flexibility index (Phi) is 5.05. The predicted octanol–water partition coefficient (Wildman–Crippen LogP) is 5.25. The highest BCUT2D eigenvalue weighted by atomic mass is 19.4. The van der Waals surface area contributed by atoms with Crippen LogP contribution in [0.25, 0.3) is 0 Å². The Labute approximate surface area is 136 Å². The van der Waals surface area contributed by atoms with Crippen LogP contribution in [0.5, 0.6) is 5.75 Å². The number of carbonyl (C=O) groups excluding carboxylic acids is 1. The molecule has 2 aromatic carbocycles. The number of benzene rings is 2. The lowest BCUT2D eigenvalue weighted by Gasteiger charge is -2.16. The van der Waals surface area contributed by atoms with Crippen LogP contribution in [0, 0.1) is 5.82 Å². The van der Waals surface area contributed by atoms with E-state index in [1.807, 2.05) is 0 Å². The van der Waals surface area contributed by atoms with E-state index in [1.165, 1.54) is 0 Å². The lowest BCUT2D eigenvalue weighted by molar-refractivity contribution is -0.143. The second kappa shape index (κ2) is 6.73. The van der Waals surface area contributed by atoms with Crippen molar-refractivity contribution in [3.8, 4) is 5.75 Å². The molecule has 0 heterocycles. The van der Waals surface area contributed by atoms with Crippen LogP contribution in [0.1, 0.15) is 27.0 Å². The monoisotopic (exact) mass is 366 g/mol. The van der Waals surface area contributed by atoms with Gasteiger partial charge in [0.25, 0.3) is 0 Å². The van der Waals surface area contributed by atoms with Gasteiger partial charge in [0.2, 0.25) is 0 Å². The van der Waals surface area contributed by atoms with Gasteiger partial charge in [-0.25, -0.2) is 4.39 Å². The van der Waals surface area contributed by atoms with Gasteiger partial charge in [-0.05, 0) is 24.3 Å². The van der Waals surface area contributed by atoms with Crippen LogP contribution >= 0.6 is 0 Å². The molecule has 0 saturated carbocycles. The first-order valence-corrected chi connectivity index (χ1v) is 6.66. The first-order valence-electron chi connectivity index (χ1n) is 6.66. The Balaban J connectivity index is 2.33. The summed E-state index contributed by atoms with van der Waals surface area (Å²) in [5.74, 6) is -1.07. The van der Waals surface area contributed by atoms with E-state index in [0.717, 1.165) is 18.2 Å². The van der Waals surface area contributed by atoms with E-state index in [2.05, 4.69) is 0 Å². The zero-order valence-electron chi connectivity index (χ0n) is 12.2. The average Bonchev–Trinajstić information content (AvgIpc) is 2.50. The van der Waals surface area contributed by atoms with Crippen LogP contribution in [0.4, 0.5) is 30.7 Å². The average molecular weight is 366 g/mol. The Bertz CT molecular complexity index is 779.